The molecule has 0 atom stereocenters. The van der Waals surface area contributed by atoms with Gasteiger partial charge in [-0.15, -0.1) is 0 Å². The minimum absolute atomic E-state index is 0.00347. The van der Waals surface area contributed by atoms with Crippen LogP contribution in [0.2, 0.25) is 0 Å². The summed E-state index contributed by atoms with van der Waals surface area (Å²) in [4.78, 5) is 0. The van der Waals surface area contributed by atoms with Crippen LogP contribution in [0.4, 0.5) is 0 Å². The molecule has 1 N–H and O–H groups in total. The second-order valence-corrected chi connectivity index (χ2v) is 1.61. The van der Waals surface area contributed by atoms with Gasteiger partial charge in [-0.1, -0.05) is 0 Å². The van der Waals surface area contributed by atoms with Gasteiger partial charge < -0.3 is 5.11 Å². The molecule has 0 unspecified atom stereocenters. The maximum absolute atomic E-state index is 8.33. The zero-order valence-electron chi connectivity index (χ0n) is 3.53. The number of aromatic nitrogens is 2. The molecule has 38 valence electrons. The van der Waals surface area contributed by atoms with Crippen molar-refractivity contribution in [2.45, 2.75) is 6.61 Å². The lowest BCUT2D eigenvalue weighted by molar-refractivity contribution is 0.278. The SMILES string of the molecule is OCc1cnsn1. The Balaban J connectivity index is 2.76. The van der Waals surface area contributed by atoms with Crippen molar-refractivity contribution in [1.82, 2.24) is 8.75 Å². The van der Waals surface area contributed by atoms with Crippen LogP contribution in [0.25, 0.3) is 0 Å². The van der Waals surface area contributed by atoms with Crippen molar-refractivity contribution < 1.29 is 5.11 Å². The van der Waals surface area contributed by atoms with Gasteiger partial charge in [0.2, 0.25) is 0 Å². The molecule has 0 aromatic carbocycles. The molecule has 3 nitrogen and oxygen atoms in total. The van der Waals surface area contributed by atoms with Crippen molar-refractivity contribution in [3.8, 4) is 0 Å². The first-order valence-electron chi connectivity index (χ1n) is 1.81. The highest BCUT2D eigenvalue weighted by Crippen LogP contribution is 1.91. The molecule has 1 heterocycles. The summed E-state index contributed by atoms with van der Waals surface area (Å²) in [5, 5.41) is 8.33. The first-order valence-corrected chi connectivity index (χ1v) is 2.54. The second-order valence-electron chi connectivity index (χ2n) is 1.06. The smallest absolute Gasteiger partial charge is 0.0997 e. The predicted molar refractivity (Wildman–Crippen MR) is 25.8 cm³/mol. The van der Waals surface area contributed by atoms with Crippen LogP contribution in [0.5, 0.6) is 0 Å². The molecule has 7 heavy (non-hydrogen) atoms. The van der Waals surface area contributed by atoms with Crippen molar-refractivity contribution in [1.29, 1.82) is 0 Å². The van der Waals surface area contributed by atoms with Crippen LogP contribution in [0.3, 0.4) is 0 Å². The van der Waals surface area contributed by atoms with E-state index in [1.54, 1.807) is 6.20 Å². The molecule has 1 rings (SSSR count). The van der Waals surface area contributed by atoms with E-state index >= 15 is 0 Å². The first-order chi connectivity index (χ1) is 3.43. The van der Waals surface area contributed by atoms with Crippen molar-refractivity contribution in [3.63, 3.8) is 0 Å². The Morgan fingerprint density at radius 2 is 2.71 bits per heavy atom. The van der Waals surface area contributed by atoms with Gasteiger partial charge >= 0.3 is 0 Å². The van der Waals surface area contributed by atoms with E-state index in [-0.39, 0.29) is 6.61 Å². The number of hydrogen-bond donors (Lipinski definition) is 1. The second kappa shape index (κ2) is 1.99. The van der Waals surface area contributed by atoms with Crippen LogP contribution < -0.4 is 0 Å². The third-order valence-electron chi connectivity index (χ3n) is 0.569. The van der Waals surface area contributed by atoms with Gasteiger partial charge in [0.05, 0.1) is 30.2 Å². The monoisotopic (exact) mass is 116 g/mol. The molecule has 0 radical (unpaired) electrons. The Kier molecular flexibility index (Phi) is 1.33. The van der Waals surface area contributed by atoms with Crippen LogP contribution in [0.1, 0.15) is 5.69 Å². The summed E-state index contributed by atoms with van der Waals surface area (Å²) in [6.45, 7) is -0.00347. The van der Waals surface area contributed by atoms with Gasteiger partial charge in [0.1, 0.15) is 0 Å². The predicted octanol–water partition coefficient (Wildman–Crippen LogP) is 0.0304. The highest BCUT2D eigenvalue weighted by Gasteiger charge is 1.87. The Labute approximate surface area is 45.0 Å². The Bertz CT molecular complexity index is 127. The molecular formula is C3H4N2OS. The molecular weight excluding hydrogens is 112 g/mol. The van der Waals surface area contributed by atoms with E-state index in [2.05, 4.69) is 8.75 Å². The Morgan fingerprint density at radius 1 is 1.86 bits per heavy atom. The maximum Gasteiger partial charge on any atom is 0.0997 e. The van der Waals surface area contributed by atoms with Crippen molar-refractivity contribution in [3.05, 3.63) is 11.9 Å². The molecule has 0 spiro atoms. The van der Waals surface area contributed by atoms with Crippen LogP contribution in [-0.2, 0) is 6.61 Å². The number of aliphatic hydroxyl groups excluding tert-OH is 1. The summed E-state index contributed by atoms with van der Waals surface area (Å²) < 4.78 is 7.38. The van der Waals surface area contributed by atoms with Gasteiger partial charge in [-0.05, 0) is 0 Å². The quantitative estimate of drug-likeness (QED) is 0.563. The Hall–Kier alpha value is -0.480. The molecule has 1 aromatic rings. The van der Waals surface area contributed by atoms with Gasteiger partial charge in [0.15, 0.2) is 0 Å². The lowest BCUT2D eigenvalue weighted by atomic mass is 10.5. The van der Waals surface area contributed by atoms with E-state index in [0.29, 0.717) is 5.69 Å². The highest BCUT2D eigenvalue weighted by molar-refractivity contribution is 6.99. The average Bonchev–Trinajstić information content (AvgIpc) is 2.14. The topological polar surface area (TPSA) is 46.0 Å². The summed E-state index contributed by atoms with van der Waals surface area (Å²) in [6, 6.07) is 0. The van der Waals surface area contributed by atoms with Crippen LogP contribution in [0.15, 0.2) is 6.20 Å². The fraction of sp³-hybridized carbons (Fsp3) is 0.333. The molecule has 0 fully saturated rings. The van der Waals surface area contributed by atoms with Crippen LogP contribution >= 0.6 is 11.7 Å². The largest absolute Gasteiger partial charge is 0.390 e. The van der Waals surface area contributed by atoms with Gasteiger partial charge in [0, 0.05) is 0 Å². The van der Waals surface area contributed by atoms with Gasteiger partial charge in [-0.2, -0.15) is 8.75 Å². The third kappa shape index (κ3) is 0.942. The standard InChI is InChI=1S/C3H4N2OS/c6-2-3-1-4-7-5-3/h1,6H,2H2. The summed E-state index contributed by atoms with van der Waals surface area (Å²) in [5.41, 5.74) is 0.644. The molecule has 1 aromatic heterocycles. The third-order valence-corrected chi connectivity index (χ3v) is 1.08. The molecule has 0 aliphatic rings. The van der Waals surface area contributed by atoms with Crippen molar-refractivity contribution in [2.75, 3.05) is 0 Å². The molecule has 0 amide bonds. The van der Waals surface area contributed by atoms with Gasteiger partial charge in [-0.3, -0.25) is 0 Å². The normalized spacial score (nSPS) is 9.29. The highest BCUT2D eigenvalue weighted by atomic mass is 32.1. The number of aliphatic hydroxyl groups is 1. The minimum Gasteiger partial charge on any atom is -0.390 e. The van der Waals surface area contributed by atoms with E-state index in [1.807, 2.05) is 0 Å². The fourth-order valence-electron chi connectivity index (χ4n) is 0.254. The zero-order valence-corrected chi connectivity index (χ0v) is 4.35. The molecule has 4 heteroatoms. The van der Waals surface area contributed by atoms with Crippen molar-refractivity contribution in [2.24, 2.45) is 0 Å². The summed E-state index contributed by atoms with van der Waals surface area (Å²) in [5.74, 6) is 0. The number of rotatable bonds is 1. The van der Waals surface area contributed by atoms with Crippen LogP contribution in [-0.4, -0.2) is 13.9 Å². The summed E-state index contributed by atoms with van der Waals surface area (Å²) in [6.07, 6.45) is 1.55. The zero-order chi connectivity index (χ0) is 5.11. The van der Waals surface area contributed by atoms with Gasteiger partial charge in [-0.25, -0.2) is 0 Å². The molecule has 0 saturated carbocycles. The van der Waals surface area contributed by atoms with Gasteiger partial charge in [0.25, 0.3) is 0 Å². The summed E-state index contributed by atoms with van der Waals surface area (Å²) >= 11 is 1.10. The van der Waals surface area contributed by atoms with E-state index in [4.69, 9.17) is 5.11 Å². The lowest BCUT2D eigenvalue weighted by Gasteiger charge is -1.75. The Morgan fingerprint density at radius 3 is 3.00 bits per heavy atom. The molecule has 0 aliphatic heterocycles. The lowest BCUT2D eigenvalue weighted by Crippen LogP contribution is -1.77. The van der Waals surface area contributed by atoms with Crippen LogP contribution in [0, 0.1) is 0 Å². The molecule has 0 aliphatic carbocycles. The molecule has 0 bridgehead atoms. The maximum atomic E-state index is 8.33. The summed E-state index contributed by atoms with van der Waals surface area (Å²) in [7, 11) is 0. The van der Waals surface area contributed by atoms with E-state index in [9.17, 15) is 0 Å². The molecule has 0 saturated heterocycles. The number of nitrogens with zero attached hydrogens (tertiary/aromatic N) is 2. The fourth-order valence-corrected chi connectivity index (χ4v) is 0.679. The first kappa shape index (κ1) is 4.67. The van der Waals surface area contributed by atoms with E-state index < -0.39 is 0 Å². The van der Waals surface area contributed by atoms with E-state index in [0.717, 1.165) is 11.7 Å². The minimum atomic E-state index is -0.00347. The van der Waals surface area contributed by atoms with E-state index in [1.165, 1.54) is 0 Å². The number of hydrogen-bond acceptors (Lipinski definition) is 4. The van der Waals surface area contributed by atoms with Crippen molar-refractivity contribution >= 4 is 11.7 Å². The average molecular weight is 116 g/mol.